The van der Waals surface area contributed by atoms with Crippen molar-refractivity contribution in [3.8, 4) is 0 Å². The van der Waals surface area contributed by atoms with E-state index in [1.807, 2.05) is 0 Å². The Morgan fingerprint density at radius 2 is 1.92 bits per heavy atom. The van der Waals surface area contributed by atoms with Crippen LogP contribution < -0.4 is 0 Å². The highest BCUT2D eigenvalue weighted by atomic mass is 16.7. The van der Waals surface area contributed by atoms with E-state index >= 15 is 0 Å². The number of ether oxygens (including phenoxy) is 2. The van der Waals surface area contributed by atoms with Crippen LogP contribution in [0.15, 0.2) is 12.2 Å². The standard InChI is InChI=1S/C9H14O4/c1-6-8(11)7(10)2-3-9(6)12-4-5-13-9/h7-8,10-11H,1-5H2/t7-,8+/m1/s1. The molecule has 4 nitrogen and oxygen atoms in total. The number of hydrogen-bond donors (Lipinski definition) is 2. The average molecular weight is 186 g/mol. The van der Waals surface area contributed by atoms with Crippen LogP contribution in [0.1, 0.15) is 12.8 Å². The minimum Gasteiger partial charge on any atom is -0.390 e. The van der Waals surface area contributed by atoms with Crippen LogP contribution in [0.3, 0.4) is 0 Å². The third-order valence-corrected chi connectivity index (χ3v) is 2.73. The predicted molar refractivity (Wildman–Crippen MR) is 45.0 cm³/mol. The van der Waals surface area contributed by atoms with E-state index in [2.05, 4.69) is 6.58 Å². The Morgan fingerprint density at radius 3 is 2.54 bits per heavy atom. The van der Waals surface area contributed by atoms with Crippen molar-refractivity contribution < 1.29 is 19.7 Å². The molecule has 4 heteroatoms. The van der Waals surface area contributed by atoms with Gasteiger partial charge in [-0.1, -0.05) is 6.58 Å². The Bertz CT molecular complexity index is 220. The van der Waals surface area contributed by atoms with E-state index in [0.29, 0.717) is 31.6 Å². The summed E-state index contributed by atoms with van der Waals surface area (Å²) in [6.45, 7) is 4.78. The van der Waals surface area contributed by atoms with E-state index in [1.54, 1.807) is 0 Å². The fourth-order valence-electron chi connectivity index (χ4n) is 1.90. The summed E-state index contributed by atoms with van der Waals surface area (Å²) in [5.74, 6) is -0.821. The molecule has 74 valence electrons. The predicted octanol–water partition coefficient (Wildman–Crippen LogP) is -0.199. The highest BCUT2D eigenvalue weighted by Crippen LogP contribution is 2.39. The summed E-state index contributed by atoms with van der Waals surface area (Å²) in [6, 6.07) is 0. The summed E-state index contributed by atoms with van der Waals surface area (Å²) >= 11 is 0. The summed E-state index contributed by atoms with van der Waals surface area (Å²) in [4.78, 5) is 0. The summed E-state index contributed by atoms with van der Waals surface area (Å²) in [6.07, 6.45) is -0.595. The zero-order valence-electron chi connectivity index (χ0n) is 7.40. The van der Waals surface area contributed by atoms with Gasteiger partial charge in [0, 0.05) is 12.0 Å². The Morgan fingerprint density at radius 1 is 1.31 bits per heavy atom. The maximum absolute atomic E-state index is 9.56. The maximum atomic E-state index is 9.56. The molecular formula is C9H14O4. The zero-order valence-corrected chi connectivity index (χ0v) is 7.40. The van der Waals surface area contributed by atoms with Crippen molar-refractivity contribution in [3.63, 3.8) is 0 Å². The molecule has 0 aromatic carbocycles. The molecule has 13 heavy (non-hydrogen) atoms. The molecule has 1 aliphatic carbocycles. The van der Waals surface area contributed by atoms with E-state index < -0.39 is 18.0 Å². The van der Waals surface area contributed by atoms with E-state index in [4.69, 9.17) is 9.47 Å². The van der Waals surface area contributed by atoms with Crippen LogP contribution in [0.25, 0.3) is 0 Å². The van der Waals surface area contributed by atoms with Gasteiger partial charge in [0.25, 0.3) is 0 Å². The molecule has 2 fully saturated rings. The smallest absolute Gasteiger partial charge is 0.193 e. The minimum absolute atomic E-state index is 0.448. The van der Waals surface area contributed by atoms with Gasteiger partial charge in [-0.3, -0.25) is 0 Å². The lowest BCUT2D eigenvalue weighted by molar-refractivity contribution is -0.169. The molecular weight excluding hydrogens is 172 g/mol. The zero-order chi connectivity index (χ0) is 9.47. The molecule has 0 aromatic heterocycles. The highest BCUT2D eigenvalue weighted by molar-refractivity contribution is 5.20. The third-order valence-electron chi connectivity index (χ3n) is 2.73. The van der Waals surface area contributed by atoms with Gasteiger partial charge >= 0.3 is 0 Å². The van der Waals surface area contributed by atoms with Gasteiger partial charge in [-0.2, -0.15) is 0 Å². The van der Waals surface area contributed by atoms with Crippen molar-refractivity contribution >= 4 is 0 Å². The van der Waals surface area contributed by atoms with Crippen LogP contribution in [0.5, 0.6) is 0 Å². The van der Waals surface area contributed by atoms with Crippen molar-refractivity contribution in [1.29, 1.82) is 0 Å². The molecule has 1 aliphatic heterocycles. The molecule has 1 spiro atoms. The summed E-state index contributed by atoms with van der Waals surface area (Å²) in [7, 11) is 0. The highest BCUT2D eigenvalue weighted by Gasteiger charge is 2.47. The normalized spacial score (nSPS) is 38.5. The molecule has 2 N–H and O–H groups in total. The molecule has 1 saturated heterocycles. The van der Waals surface area contributed by atoms with Crippen molar-refractivity contribution in [2.45, 2.75) is 30.8 Å². The van der Waals surface area contributed by atoms with E-state index in [-0.39, 0.29) is 0 Å². The van der Waals surface area contributed by atoms with Crippen LogP contribution in [-0.2, 0) is 9.47 Å². The van der Waals surface area contributed by atoms with Gasteiger partial charge < -0.3 is 19.7 Å². The van der Waals surface area contributed by atoms with Crippen molar-refractivity contribution in [3.05, 3.63) is 12.2 Å². The lowest BCUT2D eigenvalue weighted by atomic mass is 9.85. The first-order valence-corrected chi connectivity index (χ1v) is 4.49. The molecule has 2 rings (SSSR count). The fourth-order valence-corrected chi connectivity index (χ4v) is 1.90. The van der Waals surface area contributed by atoms with Gasteiger partial charge in [0.2, 0.25) is 0 Å². The Labute approximate surface area is 76.8 Å². The Balaban J connectivity index is 2.18. The molecule has 1 heterocycles. The lowest BCUT2D eigenvalue weighted by Gasteiger charge is -2.38. The number of hydrogen-bond acceptors (Lipinski definition) is 4. The SMILES string of the molecule is C=C1[C@H](O)[C@H](O)CCC12OCCO2. The van der Waals surface area contributed by atoms with Crippen LogP contribution in [0, 0.1) is 0 Å². The fraction of sp³-hybridized carbons (Fsp3) is 0.778. The summed E-state index contributed by atoms with van der Waals surface area (Å²) in [5, 5.41) is 18.9. The van der Waals surface area contributed by atoms with Gasteiger partial charge in [0.1, 0.15) is 6.10 Å². The third kappa shape index (κ3) is 1.30. The molecule has 2 atom stereocenters. The Hall–Kier alpha value is -0.420. The van der Waals surface area contributed by atoms with Crippen molar-refractivity contribution in [1.82, 2.24) is 0 Å². The van der Waals surface area contributed by atoms with Crippen LogP contribution in [0.2, 0.25) is 0 Å². The number of aliphatic hydroxyl groups excluding tert-OH is 2. The molecule has 0 aromatic rings. The molecule has 0 bridgehead atoms. The first kappa shape index (κ1) is 9.15. The van der Waals surface area contributed by atoms with E-state index in [9.17, 15) is 10.2 Å². The Kier molecular flexibility index (Phi) is 2.15. The average Bonchev–Trinajstić information content (AvgIpc) is 2.59. The lowest BCUT2D eigenvalue weighted by Crippen LogP contribution is -2.47. The minimum atomic E-state index is -0.924. The van der Waals surface area contributed by atoms with Gasteiger partial charge in [-0.15, -0.1) is 0 Å². The van der Waals surface area contributed by atoms with Crippen molar-refractivity contribution in [2.24, 2.45) is 0 Å². The summed E-state index contributed by atoms with van der Waals surface area (Å²) in [5.41, 5.74) is 0.448. The topological polar surface area (TPSA) is 58.9 Å². The molecule has 0 amide bonds. The van der Waals surface area contributed by atoms with E-state index in [1.165, 1.54) is 0 Å². The second kappa shape index (κ2) is 3.06. The second-order valence-corrected chi connectivity index (χ2v) is 3.53. The molecule has 0 unspecified atom stereocenters. The first-order valence-electron chi connectivity index (χ1n) is 4.49. The maximum Gasteiger partial charge on any atom is 0.193 e. The van der Waals surface area contributed by atoms with Crippen LogP contribution in [0.4, 0.5) is 0 Å². The molecule has 0 radical (unpaired) electrons. The van der Waals surface area contributed by atoms with Gasteiger partial charge in [-0.25, -0.2) is 0 Å². The van der Waals surface area contributed by atoms with Gasteiger partial charge in [0.15, 0.2) is 5.79 Å². The number of aliphatic hydroxyl groups is 2. The molecule has 1 saturated carbocycles. The first-order chi connectivity index (χ1) is 6.16. The monoisotopic (exact) mass is 186 g/mol. The van der Waals surface area contributed by atoms with Crippen LogP contribution in [-0.4, -0.2) is 41.4 Å². The second-order valence-electron chi connectivity index (χ2n) is 3.53. The van der Waals surface area contributed by atoms with Crippen LogP contribution >= 0.6 is 0 Å². The number of rotatable bonds is 0. The van der Waals surface area contributed by atoms with E-state index in [0.717, 1.165) is 0 Å². The molecule has 2 aliphatic rings. The summed E-state index contributed by atoms with van der Waals surface area (Å²) < 4.78 is 10.8. The largest absolute Gasteiger partial charge is 0.390 e. The van der Waals surface area contributed by atoms with Gasteiger partial charge in [0.05, 0.1) is 19.3 Å². The van der Waals surface area contributed by atoms with Gasteiger partial charge in [-0.05, 0) is 6.42 Å². The van der Waals surface area contributed by atoms with Crippen molar-refractivity contribution in [2.75, 3.05) is 13.2 Å². The quantitative estimate of drug-likeness (QED) is 0.514.